The maximum absolute atomic E-state index is 8.37. The van der Waals surface area contributed by atoms with E-state index in [1.165, 1.54) is 15.5 Å². The number of thiophene rings is 1. The van der Waals surface area contributed by atoms with Gasteiger partial charge in [-0.05, 0) is 63.7 Å². The molecule has 8 aromatic carbocycles. The van der Waals surface area contributed by atoms with Crippen molar-refractivity contribution in [2.24, 2.45) is 0 Å². The molecule has 0 fully saturated rings. The lowest BCUT2D eigenvalue weighted by Crippen LogP contribution is -2.00. The quantitative estimate of drug-likeness (QED) is 0.170. The number of hydrogen-bond acceptors (Lipinski definition) is 5. The van der Waals surface area contributed by atoms with Gasteiger partial charge >= 0.3 is 0 Å². The standard InChI is InChI=1S/C51H31N3OS/c1-3-11-32(12-4-1)33-21-23-34(24-22-33)35-25-27-36(28-26-35)38-29-30-44-43(31-38)47-41(17-10-19-45(47)55-44)50-52-49(37-13-5-2-6-14-37)53-51(54-50)42-18-9-16-40-39-15-7-8-20-46(39)56-48(40)42/h1-31H/i1D,3D,4D,11D,12D. The molecule has 0 aliphatic heterocycles. The molecule has 0 aliphatic carbocycles. The van der Waals surface area contributed by atoms with Crippen molar-refractivity contribution >= 4 is 53.4 Å². The molecule has 262 valence electrons. The van der Waals surface area contributed by atoms with Crippen molar-refractivity contribution in [3.63, 3.8) is 0 Å². The molecule has 0 bridgehead atoms. The van der Waals surface area contributed by atoms with E-state index in [-0.39, 0.29) is 29.7 Å². The normalized spacial score (nSPS) is 12.8. The van der Waals surface area contributed by atoms with E-state index in [4.69, 9.17) is 26.2 Å². The average Bonchev–Trinajstić information content (AvgIpc) is 3.89. The van der Waals surface area contributed by atoms with Gasteiger partial charge in [0.15, 0.2) is 17.5 Å². The summed E-state index contributed by atoms with van der Waals surface area (Å²) in [7, 11) is 0. The minimum atomic E-state index is -0.400. The van der Waals surface area contributed by atoms with E-state index in [9.17, 15) is 0 Å². The summed E-state index contributed by atoms with van der Waals surface area (Å²) in [4.78, 5) is 15.4. The third-order valence-corrected chi connectivity index (χ3v) is 11.5. The van der Waals surface area contributed by atoms with Gasteiger partial charge in [-0.25, -0.2) is 15.0 Å². The van der Waals surface area contributed by atoms with E-state index in [0.717, 1.165) is 65.6 Å². The van der Waals surface area contributed by atoms with Gasteiger partial charge in [-0.2, -0.15) is 0 Å². The maximum atomic E-state index is 8.37. The molecular weight excluding hydrogens is 703 g/mol. The molecule has 0 aliphatic rings. The van der Waals surface area contributed by atoms with Crippen molar-refractivity contribution in [1.29, 1.82) is 0 Å². The zero-order chi connectivity index (χ0) is 41.4. The highest BCUT2D eigenvalue weighted by atomic mass is 32.1. The molecule has 5 heteroatoms. The fourth-order valence-electron chi connectivity index (χ4n) is 7.53. The number of benzene rings is 8. The summed E-state index contributed by atoms with van der Waals surface area (Å²) in [5.74, 6) is 1.76. The highest BCUT2D eigenvalue weighted by Gasteiger charge is 2.20. The number of rotatable bonds is 6. The summed E-state index contributed by atoms with van der Waals surface area (Å²) in [6.07, 6.45) is 0. The molecule has 0 spiro atoms. The van der Waals surface area contributed by atoms with Crippen molar-refractivity contribution in [3.05, 3.63) is 188 Å². The third-order valence-electron chi connectivity index (χ3n) is 10.3. The summed E-state index contributed by atoms with van der Waals surface area (Å²) in [6, 6.07) is 51.3. The summed E-state index contributed by atoms with van der Waals surface area (Å²) < 4.78 is 49.6. The minimum Gasteiger partial charge on any atom is -0.456 e. The zero-order valence-corrected chi connectivity index (χ0v) is 30.5. The first-order valence-corrected chi connectivity index (χ1v) is 19.1. The largest absolute Gasteiger partial charge is 0.456 e. The van der Waals surface area contributed by atoms with Crippen molar-refractivity contribution in [1.82, 2.24) is 15.0 Å². The van der Waals surface area contributed by atoms with Gasteiger partial charge in [0, 0.05) is 47.6 Å². The molecule has 0 unspecified atom stereocenters. The van der Waals surface area contributed by atoms with E-state index in [2.05, 4.69) is 84.9 Å². The van der Waals surface area contributed by atoms with Crippen molar-refractivity contribution < 1.29 is 11.3 Å². The second-order valence-electron chi connectivity index (χ2n) is 13.6. The molecule has 0 radical (unpaired) electrons. The molecule has 3 aromatic heterocycles. The average molecular weight is 739 g/mol. The lowest BCUT2D eigenvalue weighted by atomic mass is 9.97. The van der Waals surface area contributed by atoms with Crippen LogP contribution in [0.25, 0.3) is 110 Å². The van der Waals surface area contributed by atoms with Crippen molar-refractivity contribution in [3.8, 4) is 67.5 Å². The van der Waals surface area contributed by atoms with E-state index < -0.39 is 6.04 Å². The van der Waals surface area contributed by atoms with Crippen molar-refractivity contribution in [2.45, 2.75) is 0 Å². The van der Waals surface area contributed by atoms with E-state index in [1.807, 2.05) is 60.7 Å². The Morgan fingerprint density at radius 3 is 1.77 bits per heavy atom. The Kier molecular flexibility index (Phi) is 6.49. The molecule has 0 amide bonds. The second-order valence-corrected chi connectivity index (χ2v) is 14.7. The van der Waals surface area contributed by atoms with Gasteiger partial charge in [0.05, 0.1) is 6.85 Å². The molecule has 56 heavy (non-hydrogen) atoms. The Morgan fingerprint density at radius 1 is 0.411 bits per heavy atom. The Hall–Kier alpha value is -7.21. The number of aromatic nitrogens is 3. The van der Waals surface area contributed by atoms with Crippen LogP contribution in [0.5, 0.6) is 0 Å². The molecule has 0 atom stereocenters. The molecule has 0 saturated carbocycles. The maximum Gasteiger partial charge on any atom is 0.165 e. The van der Waals surface area contributed by atoms with E-state index in [1.54, 1.807) is 23.5 Å². The number of hydrogen-bond donors (Lipinski definition) is 0. The van der Waals surface area contributed by atoms with Gasteiger partial charge in [0.25, 0.3) is 0 Å². The number of furan rings is 1. The van der Waals surface area contributed by atoms with Crippen LogP contribution >= 0.6 is 11.3 Å². The smallest absolute Gasteiger partial charge is 0.165 e. The second kappa shape index (κ2) is 13.3. The zero-order valence-electron chi connectivity index (χ0n) is 34.7. The van der Waals surface area contributed by atoms with E-state index >= 15 is 0 Å². The van der Waals surface area contributed by atoms with Gasteiger partial charge in [0.2, 0.25) is 0 Å². The van der Waals surface area contributed by atoms with Gasteiger partial charge in [-0.3, -0.25) is 0 Å². The van der Waals surface area contributed by atoms with Crippen LogP contribution in [0.15, 0.2) is 192 Å². The lowest BCUT2D eigenvalue weighted by molar-refractivity contribution is 0.669. The van der Waals surface area contributed by atoms with Crippen LogP contribution in [-0.2, 0) is 0 Å². The van der Waals surface area contributed by atoms with Crippen molar-refractivity contribution in [2.75, 3.05) is 0 Å². The lowest BCUT2D eigenvalue weighted by Gasteiger charge is -2.10. The van der Waals surface area contributed by atoms with Crippen LogP contribution in [0.1, 0.15) is 6.85 Å². The van der Waals surface area contributed by atoms with Crippen LogP contribution < -0.4 is 0 Å². The van der Waals surface area contributed by atoms with Crippen LogP contribution in [0.2, 0.25) is 0 Å². The Morgan fingerprint density at radius 2 is 1.00 bits per heavy atom. The van der Waals surface area contributed by atoms with E-state index in [0.29, 0.717) is 23.0 Å². The third kappa shape index (κ3) is 5.56. The molecule has 11 aromatic rings. The topological polar surface area (TPSA) is 51.8 Å². The molecule has 3 heterocycles. The first-order chi connectivity index (χ1) is 29.8. The SMILES string of the molecule is [2H]c1c([2H])c([2H])c(-c2ccc(-c3ccc(-c4ccc5oc6cccc(-c7nc(-c8ccccc8)nc(-c8cccc9c8sc8ccccc89)n7)c6c5c4)cc3)cc2)c([2H])c1[2H]. The monoisotopic (exact) mass is 738 g/mol. The Bertz CT molecular complexity index is 3500. The Balaban J connectivity index is 0.989. The summed E-state index contributed by atoms with van der Waals surface area (Å²) in [5.41, 5.74) is 8.93. The van der Waals surface area contributed by atoms with Crippen LogP contribution in [0.3, 0.4) is 0 Å². The molecular formula is C51H31N3OS. The van der Waals surface area contributed by atoms with Gasteiger partial charge in [-0.15, -0.1) is 11.3 Å². The van der Waals surface area contributed by atoms with Gasteiger partial charge in [0.1, 0.15) is 11.2 Å². The van der Waals surface area contributed by atoms with Crippen LogP contribution in [0.4, 0.5) is 0 Å². The fraction of sp³-hybridized carbons (Fsp3) is 0. The summed E-state index contributed by atoms with van der Waals surface area (Å²) >= 11 is 1.75. The molecule has 11 rings (SSSR count). The summed E-state index contributed by atoms with van der Waals surface area (Å²) in [5, 5.41) is 4.26. The number of fused-ring (bicyclic) bond motifs is 6. The van der Waals surface area contributed by atoms with Crippen LogP contribution in [-0.4, -0.2) is 15.0 Å². The highest BCUT2D eigenvalue weighted by Crippen LogP contribution is 2.41. The summed E-state index contributed by atoms with van der Waals surface area (Å²) in [6.45, 7) is 0. The first kappa shape index (κ1) is 27.4. The number of nitrogens with zero attached hydrogens (tertiary/aromatic N) is 3. The Labute approximate surface area is 334 Å². The molecule has 0 N–H and O–H groups in total. The predicted molar refractivity (Wildman–Crippen MR) is 233 cm³/mol. The molecule has 4 nitrogen and oxygen atoms in total. The first-order valence-electron chi connectivity index (χ1n) is 20.8. The van der Waals surface area contributed by atoms with Crippen LogP contribution in [0, 0.1) is 0 Å². The minimum absolute atomic E-state index is 0.190. The van der Waals surface area contributed by atoms with Gasteiger partial charge < -0.3 is 4.42 Å². The highest BCUT2D eigenvalue weighted by molar-refractivity contribution is 7.26. The predicted octanol–water partition coefficient (Wildman–Crippen LogP) is 14.1. The van der Waals surface area contributed by atoms with Gasteiger partial charge in [-0.1, -0.05) is 158 Å². The fourth-order valence-corrected chi connectivity index (χ4v) is 8.74. The molecule has 0 saturated heterocycles.